The summed E-state index contributed by atoms with van der Waals surface area (Å²) >= 11 is 1.85. The molecule has 15 heavy (non-hydrogen) atoms. The van der Waals surface area contributed by atoms with Crippen LogP contribution >= 0.6 is 11.8 Å². The Morgan fingerprint density at radius 2 is 2.00 bits per heavy atom. The highest BCUT2D eigenvalue weighted by Crippen LogP contribution is 2.22. The van der Waals surface area contributed by atoms with E-state index in [2.05, 4.69) is 37.8 Å². The van der Waals surface area contributed by atoms with Crippen molar-refractivity contribution in [3.05, 3.63) is 42.0 Å². The molecule has 0 radical (unpaired) electrons. The highest BCUT2D eigenvalue weighted by atomic mass is 32.2. The number of benzene rings is 1. The molecule has 0 saturated carbocycles. The predicted molar refractivity (Wildman–Crippen MR) is 69.2 cm³/mol. The van der Waals surface area contributed by atoms with Crippen LogP contribution in [-0.2, 0) is 0 Å². The summed E-state index contributed by atoms with van der Waals surface area (Å²) in [4.78, 5) is 1.31. The minimum atomic E-state index is 0.0863. The van der Waals surface area contributed by atoms with E-state index in [0.717, 1.165) is 17.7 Å². The Morgan fingerprint density at radius 3 is 2.47 bits per heavy atom. The molecule has 2 heteroatoms. The molecule has 0 heterocycles. The molecule has 0 fully saturated rings. The van der Waals surface area contributed by atoms with Gasteiger partial charge in [0.2, 0.25) is 0 Å². The second-order valence-corrected chi connectivity index (χ2v) is 5.11. The molecule has 1 atom stereocenters. The van der Waals surface area contributed by atoms with Gasteiger partial charge >= 0.3 is 0 Å². The molecule has 0 aliphatic heterocycles. The molecule has 0 aromatic heterocycles. The maximum absolute atomic E-state index is 6.05. The van der Waals surface area contributed by atoms with Gasteiger partial charge in [-0.3, -0.25) is 0 Å². The van der Waals surface area contributed by atoms with Crippen molar-refractivity contribution in [2.24, 2.45) is 5.73 Å². The molecule has 2 N–H and O–H groups in total. The summed E-state index contributed by atoms with van der Waals surface area (Å²) in [5.41, 5.74) is 8.38. The molecule has 82 valence electrons. The quantitative estimate of drug-likeness (QED) is 0.605. The summed E-state index contributed by atoms with van der Waals surface area (Å²) in [5.74, 6) is 1.11. The minimum absolute atomic E-state index is 0.0863. The maximum Gasteiger partial charge on any atom is 0.0332 e. The number of thioether (sulfide) groups is 1. The fourth-order valence-electron chi connectivity index (χ4n) is 1.47. The van der Waals surface area contributed by atoms with Gasteiger partial charge in [-0.1, -0.05) is 24.6 Å². The molecular formula is C13H19NS. The Kier molecular flexibility index (Phi) is 4.92. The first-order valence-electron chi connectivity index (χ1n) is 5.26. The van der Waals surface area contributed by atoms with Gasteiger partial charge in [-0.25, -0.2) is 0 Å². The van der Waals surface area contributed by atoms with Crippen LogP contribution in [0.5, 0.6) is 0 Å². The van der Waals surface area contributed by atoms with E-state index in [1.54, 1.807) is 0 Å². The van der Waals surface area contributed by atoms with Gasteiger partial charge < -0.3 is 5.73 Å². The lowest BCUT2D eigenvalue weighted by Crippen LogP contribution is -2.10. The van der Waals surface area contributed by atoms with Crippen molar-refractivity contribution in [1.82, 2.24) is 0 Å². The van der Waals surface area contributed by atoms with Gasteiger partial charge in [0, 0.05) is 10.9 Å². The molecular weight excluding hydrogens is 202 g/mol. The first kappa shape index (κ1) is 12.3. The van der Waals surface area contributed by atoms with Crippen molar-refractivity contribution in [2.75, 3.05) is 5.75 Å². The van der Waals surface area contributed by atoms with Crippen LogP contribution in [0, 0.1) is 0 Å². The Bertz CT molecular complexity index is 316. The summed E-state index contributed by atoms with van der Waals surface area (Å²) in [6.07, 6.45) is 0.861. The van der Waals surface area contributed by atoms with Crippen molar-refractivity contribution in [3.63, 3.8) is 0 Å². The highest BCUT2D eigenvalue weighted by Gasteiger charge is 2.05. The summed E-state index contributed by atoms with van der Waals surface area (Å²) in [6.45, 7) is 8.06. The molecule has 0 spiro atoms. The largest absolute Gasteiger partial charge is 0.324 e. The van der Waals surface area contributed by atoms with Gasteiger partial charge in [-0.05, 0) is 36.8 Å². The number of rotatable bonds is 5. The lowest BCUT2D eigenvalue weighted by Gasteiger charge is -2.12. The van der Waals surface area contributed by atoms with Crippen molar-refractivity contribution in [1.29, 1.82) is 0 Å². The van der Waals surface area contributed by atoms with Crippen LogP contribution in [0.3, 0.4) is 0 Å². The monoisotopic (exact) mass is 221 g/mol. The van der Waals surface area contributed by atoms with E-state index in [1.165, 1.54) is 10.5 Å². The molecule has 1 aromatic rings. The van der Waals surface area contributed by atoms with E-state index in [-0.39, 0.29) is 6.04 Å². The fourth-order valence-corrected chi connectivity index (χ4v) is 2.13. The number of nitrogens with two attached hydrogens (primary N) is 1. The highest BCUT2D eigenvalue weighted by molar-refractivity contribution is 7.99. The summed E-state index contributed by atoms with van der Waals surface area (Å²) in [5, 5.41) is 0. The molecule has 1 nitrogen and oxygen atoms in total. The van der Waals surface area contributed by atoms with E-state index in [9.17, 15) is 0 Å². The van der Waals surface area contributed by atoms with Crippen molar-refractivity contribution in [2.45, 2.75) is 31.2 Å². The van der Waals surface area contributed by atoms with Gasteiger partial charge in [0.25, 0.3) is 0 Å². The van der Waals surface area contributed by atoms with E-state index in [0.29, 0.717) is 0 Å². The van der Waals surface area contributed by atoms with Gasteiger partial charge in [0.05, 0.1) is 0 Å². The maximum atomic E-state index is 6.05. The molecule has 0 aliphatic carbocycles. The lowest BCUT2D eigenvalue weighted by molar-refractivity contribution is 0.716. The molecule has 1 rings (SSSR count). The summed E-state index contributed by atoms with van der Waals surface area (Å²) < 4.78 is 0. The van der Waals surface area contributed by atoms with Gasteiger partial charge in [0.15, 0.2) is 0 Å². The van der Waals surface area contributed by atoms with Gasteiger partial charge in [0.1, 0.15) is 0 Å². The summed E-state index contributed by atoms with van der Waals surface area (Å²) in [7, 11) is 0. The van der Waals surface area contributed by atoms with Crippen LogP contribution in [0.15, 0.2) is 41.3 Å². The van der Waals surface area contributed by atoms with Crippen molar-refractivity contribution in [3.8, 4) is 0 Å². The van der Waals surface area contributed by atoms with Crippen LogP contribution in [0.1, 0.15) is 31.9 Å². The third-order valence-corrected chi connectivity index (χ3v) is 3.08. The SMILES string of the molecule is C=C(C)C[C@H](N)c1ccc(SCC)cc1. The Morgan fingerprint density at radius 1 is 1.40 bits per heavy atom. The topological polar surface area (TPSA) is 26.0 Å². The first-order valence-corrected chi connectivity index (χ1v) is 6.24. The fraction of sp³-hybridized carbons (Fsp3) is 0.385. The molecule has 0 unspecified atom stereocenters. The second kappa shape index (κ2) is 5.99. The van der Waals surface area contributed by atoms with Gasteiger partial charge in [-0.15, -0.1) is 18.3 Å². The van der Waals surface area contributed by atoms with Crippen LogP contribution in [0.2, 0.25) is 0 Å². The first-order chi connectivity index (χ1) is 7.13. The Labute approximate surface area is 96.8 Å². The van der Waals surface area contributed by atoms with Crippen molar-refractivity contribution < 1.29 is 0 Å². The van der Waals surface area contributed by atoms with E-state index >= 15 is 0 Å². The van der Waals surface area contributed by atoms with Crippen LogP contribution in [0.4, 0.5) is 0 Å². The minimum Gasteiger partial charge on any atom is -0.324 e. The zero-order valence-corrected chi connectivity index (χ0v) is 10.3. The van der Waals surface area contributed by atoms with E-state index in [4.69, 9.17) is 5.73 Å². The zero-order valence-electron chi connectivity index (χ0n) is 9.49. The Balaban J connectivity index is 2.66. The zero-order chi connectivity index (χ0) is 11.3. The smallest absolute Gasteiger partial charge is 0.0332 e. The molecule has 0 saturated heterocycles. The normalized spacial score (nSPS) is 12.5. The average Bonchev–Trinajstić information content (AvgIpc) is 2.18. The lowest BCUT2D eigenvalue weighted by atomic mass is 10.0. The average molecular weight is 221 g/mol. The predicted octanol–water partition coefficient (Wildman–Crippen LogP) is 3.76. The molecule has 0 bridgehead atoms. The van der Waals surface area contributed by atoms with Crippen LogP contribution in [0.25, 0.3) is 0 Å². The Hall–Kier alpha value is -0.730. The number of hydrogen-bond acceptors (Lipinski definition) is 2. The molecule has 0 amide bonds. The van der Waals surface area contributed by atoms with Crippen LogP contribution < -0.4 is 5.73 Å². The summed E-state index contributed by atoms with van der Waals surface area (Å²) in [6, 6.07) is 8.60. The standard InChI is InChI=1S/C13H19NS/c1-4-15-12-7-5-11(6-8-12)13(14)9-10(2)3/h5-8,13H,2,4,9,14H2,1,3H3/t13-/m0/s1. The third-order valence-electron chi connectivity index (χ3n) is 2.19. The number of hydrogen-bond donors (Lipinski definition) is 1. The van der Waals surface area contributed by atoms with Crippen molar-refractivity contribution >= 4 is 11.8 Å². The van der Waals surface area contributed by atoms with Gasteiger partial charge in [-0.2, -0.15) is 0 Å². The third kappa shape index (κ3) is 4.10. The van der Waals surface area contributed by atoms with Crippen LogP contribution in [-0.4, -0.2) is 5.75 Å². The molecule has 1 aromatic carbocycles. The molecule has 0 aliphatic rings. The van der Waals surface area contributed by atoms with E-state index in [1.807, 2.05) is 18.7 Å². The second-order valence-electron chi connectivity index (χ2n) is 3.77. The van der Waals surface area contributed by atoms with E-state index < -0.39 is 0 Å².